The van der Waals surface area contributed by atoms with E-state index in [-0.39, 0.29) is 5.91 Å². The number of aliphatic imine (C=N–C) groups is 1. The Balaban J connectivity index is 1.92. The van der Waals surface area contributed by atoms with Crippen LogP contribution in [0.3, 0.4) is 0 Å². The summed E-state index contributed by atoms with van der Waals surface area (Å²) in [4.78, 5) is 17.8. The summed E-state index contributed by atoms with van der Waals surface area (Å²) < 4.78 is 11.6. The lowest BCUT2D eigenvalue weighted by atomic mass is 10.1. The lowest BCUT2D eigenvalue weighted by molar-refractivity contribution is -0.115. The van der Waals surface area contributed by atoms with Crippen molar-refractivity contribution in [2.45, 2.75) is 34.1 Å². The van der Waals surface area contributed by atoms with Gasteiger partial charge in [-0.15, -0.1) is 0 Å². The van der Waals surface area contributed by atoms with Crippen molar-refractivity contribution in [1.82, 2.24) is 5.32 Å². The van der Waals surface area contributed by atoms with Gasteiger partial charge >= 0.3 is 0 Å². The Hall–Kier alpha value is -2.73. The van der Waals surface area contributed by atoms with E-state index in [2.05, 4.69) is 17.2 Å². The molecule has 1 fully saturated rings. The van der Waals surface area contributed by atoms with Crippen molar-refractivity contribution in [1.29, 1.82) is 0 Å². The fraction of sp³-hybridized carbons (Fsp3) is 0.304. The van der Waals surface area contributed by atoms with Crippen LogP contribution in [0.15, 0.2) is 46.3 Å². The third-order valence-corrected chi connectivity index (χ3v) is 5.26. The molecule has 2 aromatic carbocycles. The van der Waals surface area contributed by atoms with E-state index in [1.54, 1.807) is 0 Å². The molecule has 0 unspecified atom stereocenters. The maximum atomic E-state index is 12.5. The number of hydrogen-bond acceptors (Lipinski definition) is 5. The fourth-order valence-corrected chi connectivity index (χ4v) is 3.80. The van der Waals surface area contributed by atoms with Gasteiger partial charge in [0.15, 0.2) is 16.7 Å². The highest BCUT2D eigenvalue weighted by molar-refractivity contribution is 8.18. The van der Waals surface area contributed by atoms with E-state index >= 15 is 0 Å². The van der Waals surface area contributed by atoms with Crippen LogP contribution in [-0.4, -0.2) is 24.3 Å². The Bertz CT molecular complexity index is 946. The predicted octanol–water partition coefficient (Wildman–Crippen LogP) is 5.38. The number of amides is 1. The van der Waals surface area contributed by atoms with Crippen LogP contribution in [-0.2, 0) is 4.79 Å². The number of benzene rings is 2. The van der Waals surface area contributed by atoms with Crippen molar-refractivity contribution >= 4 is 34.6 Å². The molecular weight excluding hydrogens is 384 g/mol. The standard InChI is InChI=1S/C23H26N2O3S/c1-5-13-28-21-17(11-8-12-18(21)27-6-2)14-19-22(26)25-23(29-19)24-20-15(3)9-7-10-16(20)4/h7-12,14H,5-6,13H2,1-4H3,(H,24,25,26)/b19-14-. The van der Waals surface area contributed by atoms with E-state index in [1.807, 2.05) is 63.2 Å². The quantitative estimate of drug-likeness (QED) is 0.622. The summed E-state index contributed by atoms with van der Waals surface area (Å²) in [5.41, 5.74) is 3.85. The highest BCUT2D eigenvalue weighted by Crippen LogP contribution is 2.36. The number of para-hydroxylation sites is 2. The van der Waals surface area contributed by atoms with E-state index in [9.17, 15) is 4.79 Å². The molecule has 0 spiro atoms. The van der Waals surface area contributed by atoms with Crippen molar-refractivity contribution in [2.24, 2.45) is 4.99 Å². The second kappa shape index (κ2) is 9.65. The summed E-state index contributed by atoms with van der Waals surface area (Å²) >= 11 is 1.33. The maximum Gasteiger partial charge on any atom is 0.264 e. The molecule has 0 aromatic heterocycles. The van der Waals surface area contributed by atoms with Gasteiger partial charge in [-0.3, -0.25) is 4.79 Å². The lowest BCUT2D eigenvalue weighted by Crippen LogP contribution is -2.19. The van der Waals surface area contributed by atoms with Crippen molar-refractivity contribution in [2.75, 3.05) is 13.2 Å². The number of rotatable bonds is 7. The van der Waals surface area contributed by atoms with E-state index in [0.717, 1.165) is 28.8 Å². The number of aryl methyl sites for hydroxylation is 2. The molecule has 152 valence electrons. The first-order chi connectivity index (χ1) is 14.0. The average Bonchev–Trinajstić information content (AvgIpc) is 3.04. The highest BCUT2D eigenvalue weighted by Gasteiger charge is 2.25. The topological polar surface area (TPSA) is 59.9 Å². The van der Waals surface area contributed by atoms with E-state index in [0.29, 0.717) is 34.8 Å². The minimum Gasteiger partial charge on any atom is -0.490 e. The van der Waals surface area contributed by atoms with Crippen LogP contribution in [0.1, 0.15) is 37.0 Å². The lowest BCUT2D eigenvalue weighted by Gasteiger charge is -2.14. The van der Waals surface area contributed by atoms with Gasteiger partial charge in [-0.1, -0.05) is 37.3 Å². The second-order valence-corrected chi connectivity index (χ2v) is 7.71. The predicted molar refractivity (Wildman–Crippen MR) is 120 cm³/mol. The largest absolute Gasteiger partial charge is 0.490 e. The number of carbonyl (C=O) groups is 1. The first kappa shape index (κ1) is 21.0. The zero-order valence-corrected chi connectivity index (χ0v) is 18.1. The molecule has 1 saturated heterocycles. The minimum atomic E-state index is -0.164. The van der Waals surface area contributed by atoms with Gasteiger partial charge in [0.25, 0.3) is 5.91 Å². The van der Waals surface area contributed by atoms with Gasteiger partial charge in [0, 0.05) is 5.56 Å². The van der Waals surface area contributed by atoms with Gasteiger partial charge in [0.1, 0.15) is 0 Å². The zero-order valence-electron chi connectivity index (χ0n) is 17.2. The zero-order chi connectivity index (χ0) is 20.8. The monoisotopic (exact) mass is 410 g/mol. The normalized spacial score (nSPS) is 16.3. The van der Waals surface area contributed by atoms with Crippen LogP contribution in [0.2, 0.25) is 0 Å². The number of hydrogen-bond donors (Lipinski definition) is 1. The van der Waals surface area contributed by atoms with Gasteiger partial charge in [-0.05, 0) is 62.2 Å². The van der Waals surface area contributed by atoms with E-state index < -0.39 is 0 Å². The molecule has 1 amide bonds. The Kier molecular flexibility index (Phi) is 6.99. The van der Waals surface area contributed by atoms with Gasteiger partial charge in [0.2, 0.25) is 0 Å². The van der Waals surface area contributed by atoms with Crippen molar-refractivity contribution in [3.8, 4) is 11.5 Å². The first-order valence-corrected chi connectivity index (χ1v) is 10.6. The van der Waals surface area contributed by atoms with Crippen molar-refractivity contribution in [3.05, 3.63) is 58.0 Å². The molecule has 3 rings (SSSR count). The Morgan fingerprint density at radius 3 is 2.48 bits per heavy atom. The minimum absolute atomic E-state index is 0.164. The van der Waals surface area contributed by atoms with Crippen LogP contribution in [0.5, 0.6) is 11.5 Å². The second-order valence-electron chi connectivity index (χ2n) is 6.68. The summed E-state index contributed by atoms with van der Waals surface area (Å²) in [5, 5.41) is 3.44. The van der Waals surface area contributed by atoms with E-state index in [4.69, 9.17) is 9.47 Å². The number of amidine groups is 1. The number of nitrogens with one attached hydrogen (secondary N) is 1. The van der Waals surface area contributed by atoms with Crippen LogP contribution in [0, 0.1) is 13.8 Å². The van der Waals surface area contributed by atoms with Gasteiger partial charge in [-0.25, -0.2) is 4.99 Å². The summed E-state index contributed by atoms with van der Waals surface area (Å²) in [6.45, 7) is 9.15. The summed E-state index contributed by atoms with van der Waals surface area (Å²) in [5.74, 6) is 1.18. The fourth-order valence-electron chi connectivity index (χ4n) is 2.98. The van der Waals surface area contributed by atoms with Gasteiger partial charge in [0.05, 0.1) is 23.8 Å². The molecular formula is C23H26N2O3S. The highest BCUT2D eigenvalue weighted by atomic mass is 32.2. The van der Waals surface area contributed by atoms with Crippen molar-refractivity contribution < 1.29 is 14.3 Å². The third kappa shape index (κ3) is 5.01. The van der Waals surface area contributed by atoms with Crippen LogP contribution < -0.4 is 14.8 Å². The first-order valence-electron chi connectivity index (χ1n) is 9.77. The summed E-state index contributed by atoms with van der Waals surface area (Å²) in [7, 11) is 0. The molecule has 1 heterocycles. The van der Waals surface area contributed by atoms with Crippen LogP contribution in [0.4, 0.5) is 5.69 Å². The van der Waals surface area contributed by atoms with E-state index in [1.165, 1.54) is 11.8 Å². The summed E-state index contributed by atoms with van der Waals surface area (Å²) in [6.07, 6.45) is 2.72. The van der Waals surface area contributed by atoms with Gasteiger partial charge < -0.3 is 14.8 Å². The molecule has 0 saturated carbocycles. The van der Waals surface area contributed by atoms with Crippen molar-refractivity contribution in [3.63, 3.8) is 0 Å². The molecule has 0 bridgehead atoms. The van der Waals surface area contributed by atoms with Gasteiger partial charge in [-0.2, -0.15) is 0 Å². The molecule has 0 radical (unpaired) electrons. The Morgan fingerprint density at radius 2 is 1.79 bits per heavy atom. The molecule has 0 aliphatic carbocycles. The molecule has 6 heteroatoms. The molecule has 5 nitrogen and oxygen atoms in total. The third-order valence-electron chi connectivity index (χ3n) is 4.35. The van der Waals surface area contributed by atoms with Crippen LogP contribution in [0.25, 0.3) is 6.08 Å². The Morgan fingerprint density at radius 1 is 1.07 bits per heavy atom. The summed E-state index contributed by atoms with van der Waals surface area (Å²) in [6, 6.07) is 11.7. The number of carbonyl (C=O) groups excluding carboxylic acids is 1. The maximum absolute atomic E-state index is 12.5. The molecule has 0 atom stereocenters. The molecule has 1 aliphatic heterocycles. The number of thioether (sulfide) groups is 1. The molecule has 1 aliphatic rings. The molecule has 29 heavy (non-hydrogen) atoms. The number of nitrogens with zero attached hydrogens (tertiary/aromatic N) is 1. The Labute approximate surface area is 176 Å². The smallest absolute Gasteiger partial charge is 0.264 e. The molecule has 2 aromatic rings. The average molecular weight is 411 g/mol. The molecule has 1 N–H and O–H groups in total. The number of ether oxygens (including phenoxy) is 2. The SMILES string of the molecule is CCCOc1c(/C=C2\SC(=Nc3c(C)cccc3C)NC2=O)cccc1OCC. The van der Waals surface area contributed by atoms with Crippen LogP contribution >= 0.6 is 11.8 Å².